The van der Waals surface area contributed by atoms with Gasteiger partial charge in [-0.05, 0) is 31.7 Å². The number of hydrogen-bond donors (Lipinski definition) is 1. The number of nitrogens with one attached hydrogen (secondary N) is 1. The van der Waals surface area contributed by atoms with Gasteiger partial charge in [0.25, 0.3) is 0 Å². The zero-order chi connectivity index (χ0) is 11.7. The molecule has 0 atom stereocenters. The van der Waals surface area contributed by atoms with Crippen molar-refractivity contribution in [1.82, 2.24) is 14.5 Å². The first-order valence-electron chi connectivity index (χ1n) is 5.45. The zero-order valence-electron chi connectivity index (χ0n) is 9.95. The minimum absolute atomic E-state index is 0.0517. The Balaban J connectivity index is 2.64. The summed E-state index contributed by atoms with van der Waals surface area (Å²) in [4.78, 5) is 12.0. The van der Waals surface area contributed by atoms with E-state index in [1.54, 1.807) is 4.57 Å². The van der Waals surface area contributed by atoms with Crippen molar-refractivity contribution in [3.05, 3.63) is 34.2 Å². The van der Waals surface area contributed by atoms with E-state index in [-0.39, 0.29) is 5.69 Å². The molecule has 4 heteroatoms. The van der Waals surface area contributed by atoms with Gasteiger partial charge in [0.1, 0.15) is 0 Å². The van der Waals surface area contributed by atoms with E-state index in [4.69, 9.17) is 0 Å². The summed E-state index contributed by atoms with van der Waals surface area (Å²) in [5.74, 6) is 0. The first kappa shape index (κ1) is 11.0. The van der Waals surface area contributed by atoms with Gasteiger partial charge in [-0.25, -0.2) is 4.79 Å². The number of fused-ring (bicyclic) bond motifs is 1. The van der Waals surface area contributed by atoms with Crippen LogP contribution in [0, 0.1) is 6.92 Å². The topological polar surface area (TPSA) is 39.0 Å². The molecule has 0 saturated carbocycles. The molecule has 0 bridgehead atoms. The quantitative estimate of drug-likeness (QED) is 0.832. The van der Waals surface area contributed by atoms with Crippen molar-refractivity contribution in [2.75, 3.05) is 13.6 Å². The fourth-order valence-corrected chi connectivity index (χ4v) is 1.96. The van der Waals surface area contributed by atoms with Gasteiger partial charge in [-0.3, -0.25) is 9.13 Å². The molecule has 2 rings (SSSR count). The van der Waals surface area contributed by atoms with Gasteiger partial charge in [-0.2, -0.15) is 0 Å². The Morgan fingerprint density at radius 1 is 1.31 bits per heavy atom. The van der Waals surface area contributed by atoms with Crippen molar-refractivity contribution >= 4 is 11.0 Å². The van der Waals surface area contributed by atoms with E-state index in [0.29, 0.717) is 6.54 Å². The van der Waals surface area contributed by atoms with Crippen LogP contribution in [0.1, 0.15) is 5.56 Å². The molecule has 0 amide bonds. The van der Waals surface area contributed by atoms with Crippen LogP contribution in [-0.4, -0.2) is 22.7 Å². The van der Waals surface area contributed by atoms with Crippen LogP contribution < -0.4 is 11.0 Å². The maximum Gasteiger partial charge on any atom is 0.328 e. The largest absolute Gasteiger partial charge is 0.328 e. The summed E-state index contributed by atoms with van der Waals surface area (Å²) in [6, 6.07) is 6.10. The summed E-state index contributed by atoms with van der Waals surface area (Å²) in [5.41, 5.74) is 3.24. The minimum Gasteiger partial charge on any atom is -0.318 e. The van der Waals surface area contributed by atoms with Gasteiger partial charge in [-0.15, -0.1) is 0 Å². The maximum atomic E-state index is 12.0. The predicted molar refractivity (Wildman–Crippen MR) is 65.8 cm³/mol. The molecule has 16 heavy (non-hydrogen) atoms. The van der Waals surface area contributed by atoms with Crippen LogP contribution in [-0.2, 0) is 13.6 Å². The SMILES string of the molecule is CNCCn1c(=O)n(C)c2cc(C)ccc21. The van der Waals surface area contributed by atoms with E-state index in [2.05, 4.69) is 5.32 Å². The normalized spacial score (nSPS) is 11.2. The molecule has 0 saturated heterocycles. The van der Waals surface area contributed by atoms with Gasteiger partial charge in [0.2, 0.25) is 0 Å². The Kier molecular flexibility index (Phi) is 2.83. The Morgan fingerprint density at radius 2 is 2.06 bits per heavy atom. The van der Waals surface area contributed by atoms with Crippen LogP contribution in [0.4, 0.5) is 0 Å². The maximum absolute atomic E-state index is 12.0. The molecule has 4 nitrogen and oxygen atoms in total. The molecule has 1 aromatic heterocycles. The predicted octanol–water partition coefficient (Wildman–Crippen LogP) is 0.868. The number of nitrogens with zero attached hydrogens (tertiary/aromatic N) is 2. The van der Waals surface area contributed by atoms with Crippen LogP contribution in [0.3, 0.4) is 0 Å². The van der Waals surface area contributed by atoms with Gasteiger partial charge >= 0.3 is 5.69 Å². The van der Waals surface area contributed by atoms with Gasteiger partial charge in [-0.1, -0.05) is 6.07 Å². The summed E-state index contributed by atoms with van der Waals surface area (Å²) in [6.45, 7) is 3.54. The summed E-state index contributed by atoms with van der Waals surface area (Å²) < 4.78 is 3.52. The van der Waals surface area contributed by atoms with Gasteiger partial charge < -0.3 is 5.32 Å². The molecular weight excluding hydrogens is 202 g/mol. The Labute approximate surface area is 94.5 Å². The highest BCUT2D eigenvalue weighted by Crippen LogP contribution is 2.13. The molecule has 1 heterocycles. The molecule has 0 aliphatic heterocycles. The molecule has 86 valence electrons. The number of aromatic nitrogens is 2. The third-order valence-electron chi connectivity index (χ3n) is 2.89. The third kappa shape index (κ3) is 1.65. The zero-order valence-corrected chi connectivity index (χ0v) is 9.95. The fraction of sp³-hybridized carbons (Fsp3) is 0.417. The number of benzene rings is 1. The smallest absolute Gasteiger partial charge is 0.318 e. The molecule has 2 aromatic rings. The molecule has 0 fully saturated rings. The van der Waals surface area contributed by atoms with Crippen molar-refractivity contribution in [2.45, 2.75) is 13.5 Å². The lowest BCUT2D eigenvalue weighted by molar-refractivity contribution is 0.627. The first-order chi connectivity index (χ1) is 7.65. The highest BCUT2D eigenvalue weighted by molar-refractivity contribution is 5.76. The van der Waals surface area contributed by atoms with Crippen LogP contribution in [0.5, 0.6) is 0 Å². The first-order valence-corrected chi connectivity index (χ1v) is 5.45. The van der Waals surface area contributed by atoms with E-state index >= 15 is 0 Å². The van der Waals surface area contributed by atoms with Crippen LogP contribution >= 0.6 is 0 Å². The lowest BCUT2D eigenvalue weighted by Crippen LogP contribution is -2.26. The monoisotopic (exact) mass is 219 g/mol. The summed E-state index contributed by atoms with van der Waals surface area (Å²) >= 11 is 0. The third-order valence-corrected chi connectivity index (χ3v) is 2.89. The van der Waals surface area contributed by atoms with Crippen molar-refractivity contribution in [2.24, 2.45) is 7.05 Å². The van der Waals surface area contributed by atoms with E-state index in [1.807, 2.05) is 43.8 Å². The minimum atomic E-state index is 0.0517. The average molecular weight is 219 g/mol. The number of likely N-dealkylation sites (N-methyl/N-ethyl adjacent to an activating group) is 1. The van der Waals surface area contributed by atoms with Gasteiger partial charge in [0, 0.05) is 20.1 Å². The van der Waals surface area contributed by atoms with Crippen LogP contribution in [0.25, 0.3) is 11.0 Å². The molecule has 0 spiro atoms. The number of rotatable bonds is 3. The van der Waals surface area contributed by atoms with E-state index in [0.717, 1.165) is 17.6 Å². The van der Waals surface area contributed by atoms with Crippen LogP contribution in [0.15, 0.2) is 23.0 Å². The van der Waals surface area contributed by atoms with Crippen LogP contribution in [0.2, 0.25) is 0 Å². The number of imidazole rings is 1. The number of aryl methyl sites for hydroxylation is 2. The molecule has 0 unspecified atom stereocenters. The Bertz CT molecular complexity index is 565. The lowest BCUT2D eigenvalue weighted by Gasteiger charge is -2.02. The van der Waals surface area contributed by atoms with E-state index in [9.17, 15) is 4.79 Å². The number of hydrogen-bond acceptors (Lipinski definition) is 2. The van der Waals surface area contributed by atoms with Crippen molar-refractivity contribution in [3.63, 3.8) is 0 Å². The molecular formula is C12H17N3O. The van der Waals surface area contributed by atoms with Gasteiger partial charge in [0.15, 0.2) is 0 Å². The second kappa shape index (κ2) is 4.14. The molecule has 0 aliphatic rings. The van der Waals surface area contributed by atoms with Gasteiger partial charge in [0.05, 0.1) is 11.0 Å². The Hall–Kier alpha value is -1.55. The second-order valence-electron chi connectivity index (χ2n) is 4.09. The average Bonchev–Trinajstić information content (AvgIpc) is 2.50. The van der Waals surface area contributed by atoms with E-state index in [1.165, 1.54) is 5.56 Å². The molecule has 1 aromatic carbocycles. The summed E-state index contributed by atoms with van der Waals surface area (Å²) in [5, 5.41) is 3.06. The Morgan fingerprint density at radius 3 is 2.75 bits per heavy atom. The lowest BCUT2D eigenvalue weighted by atomic mass is 10.2. The van der Waals surface area contributed by atoms with E-state index < -0.39 is 0 Å². The van der Waals surface area contributed by atoms with Crippen molar-refractivity contribution in [1.29, 1.82) is 0 Å². The van der Waals surface area contributed by atoms with Crippen molar-refractivity contribution < 1.29 is 0 Å². The van der Waals surface area contributed by atoms with Crippen molar-refractivity contribution in [3.8, 4) is 0 Å². The highest BCUT2D eigenvalue weighted by Gasteiger charge is 2.09. The molecule has 0 aliphatic carbocycles. The summed E-state index contributed by atoms with van der Waals surface area (Å²) in [6.07, 6.45) is 0. The summed E-state index contributed by atoms with van der Waals surface area (Å²) in [7, 11) is 3.71. The molecule has 0 radical (unpaired) electrons. The highest BCUT2D eigenvalue weighted by atomic mass is 16.1. The standard InChI is InChI=1S/C12H17N3O/c1-9-4-5-10-11(8-9)14(3)12(16)15(10)7-6-13-2/h4-5,8,13H,6-7H2,1-3H3. The molecule has 1 N–H and O–H groups in total. The fourth-order valence-electron chi connectivity index (χ4n) is 1.96. The second-order valence-corrected chi connectivity index (χ2v) is 4.09.